The van der Waals surface area contributed by atoms with Crippen LogP contribution in [0.1, 0.15) is 70.5 Å². The molecule has 1 aromatic carbocycles. The molecule has 1 aliphatic carbocycles. The molecule has 0 amide bonds. The van der Waals surface area contributed by atoms with E-state index in [4.69, 9.17) is 4.74 Å². The Kier molecular flexibility index (Phi) is 6.56. The zero-order valence-electron chi connectivity index (χ0n) is 13.6. The van der Waals surface area contributed by atoms with Gasteiger partial charge in [0.05, 0.1) is 12.7 Å². The average Bonchev–Trinajstić information content (AvgIpc) is 2.53. The van der Waals surface area contributed by atoms with Crippen LogP contribution in [-0.4, -0.2) is 11.7 Å². The van der Waals surface area contributed by atoms with Gasteiger partial charge in [-0.15, -0.1) is 0 Å². The highest BCUT2D eigenvalue weighted by Crippen LogP contribution is 2.39. The number of hydrogen-bond donors (Lipinski definition) is 1. The first-order valence-electron chi connectivity index (χ1n) is 8.65. The normalized spacial score (nSPS) is 23.8. The van der Waals surface area contributed by atoms with Crippen LogP contribution in [0.3, 0.4) is 0 Å². The Balaban J connectivity index is 1.89. The van der Waals surface area contributed by atoms with E-state index in [1.165, 1.54) is 32.1 Å². The van der Waals surface area contributed by atoms with Gasteiger partial charge in [0.2, 0.25) is 0 Å². The lowest BCUT2D eigenvalue weighted by Crippen LogP contribution is -2.20. The Hall–Kier alpha value is -1.02. The van der Waals surface area contributed by atoms with Gasteiger partial charge in [-0.05, 0) is 49.3 Å². The summed E-state index contributed by atoms with van der Waals surface area (Å²) in [6.45, 7) is 4.92. The fourth-order valence-electron chi connectivity index (χ4n) is 3.51. The quantitative estimate of drug-likeness (QED) is 0.755. The maximum atomic E-state index is 10.6. The summed E-state index contributed by atoms with van der Waals surface area (Å²) in [7, 11) is 0. The number of ether oxygens (including phenoxy) is 1. The van der Waals surface area contributed by atoms with Gasteiger partial charge >= 0.3 is 0 Å². The molecule has 1 atom stereocenters. The van der Waals surface area contributed by atoms with E-state index in [0.29, 0.717) is 12.5 Å². The van der Waals surface area contributed by atoms with Crippen LogP contribution in [0, 0.1) is 11.8 Å². The van der Waals surface area contributed by atoms with E-state index < -0.39 is 0 Å². The van der Waals surface area contributed by atoms with Gasteiger partial charge in [-0.3, -0.25) is 0 Å². The van der Waals surface area contributed by atoms with Crippen molar-refractivity contribution in [3.8, 4) is 5.75 Å². The first-order chi connectivity index (χ1) is 10.2. The summed E-state index contributed by atoms with van der Waals surface area (Å²) in [6, 6.07) is 7.96. The highest BCUT2D eigenvalue weighted by Gasteiger charge is 2.27. The summed E-state index contributed by atoms with van der Waals surface area (Å²) in [5, 5.41) is 10.6. The lowest BCUT2D eigenvalue weighted by Gasteiger charge is -2.31. The molecule has 1 aromatic rings. The van der Waals surface area contributed by atoms with Crippen molar-refractivity contribution in [1.29, 1.82) is 0 Å². The maximum Gasteiger partial charge on any atom is 0.119 e. The number of aliphatic hydroxyl groups is 1. The number of unbranched alkanes of at least 4 members (excludes halogenated alkanes) is 1. The summed E-state index contributed by atoms with van der Waals surface area (Å²) in [4.78, 5) is 0. The Morgan fingerprint density at radius 2 is 1.95 bits per heavy atom. The largest absolute Gasteiger partial charge is 0.494 e. The standard InChI is InChI=1S/C19H30O2/c1-3-5-7-15-10-12-16(13-11-15)19(20)17-8-6-9-18(14-17)21-4-2/h6,8-9,14-16,19-20H,3-5,7,10-13H2,1-2H3. The van der Waals surface area contributed by atoms with Crippen molar-refractivity contribution in [2.24, 2.45) is 11.8 Å². The highest BCUT2D eigenvalue weighted by atomic mass is 16.5. The summed E-state index contributed by atoms with van der Waals surface area (Å²) in [6.07, 6.45) is 8.58. The van der Waals surface area contributed by atoms with Crippen molar-refractivity contribution in [1.82, 2.24) is 0 Å². The minimum Gasteiger partial charge on any atom is -0.494 e. The zero-order valence-corrected chi connectivity index (χ0v) is 13.6. The van der Waals surface area contributed by atoms with Crippen LogP contribution in [0.5, 0.6) is 5.75 Å². The lowest BCUT2D eigenvalue weighted by molar-refractivity contribution is 0.0718. The predicted octanol–water partition coefficient (Wildman–Crippen LogP) is 5.12. The molecule has 1 saturated carbocycles. The fourth-order valence-corrected chi connectivity index (χ4v) is 3.51. The minimum absolute atomic E-state index is 0.336. The minimum atomic E-state index is -0.336. The number of aliphatic hydroxyl groups excluding tert-OH is 1. The van der Waals surface area contributed by atoms with Gasteiger partial charge in [-0.1, -0.05) is 51.2 Å². The molecular weight excluding hydrogens is 260 g/mol. The van der Waals surface area contributed by atoms with Gasteiger partial charge in [0.15, 0.2) is 0 Å². The second-order valence-electron chi connectivity index (χ2n) is 6.37. The van der Waals surface area contributed by atoms with Crippen LogP contribution in [0.2, 0.25) is 0 Å². The Bertz CT molecular complexity index is 408. The van der Waals surface area contributed by atoms with Crippen molar-refractivity contribution < 1.29 is 9.84 Å². The second kappa shape index (κ2) is 8.43. The zero-order chi connectivity index (χ0) is 15.1. The Morgan fingerprint density at radius 3 is 2.62 bits per heavy atom. The molecule has 1 fully saturated rings. The first-order valence-corrected chi connectivity index (χ1v) is 8.65. The molecule has 0 heterocycles. The van der Waals surface area contributed by atoms with E-state index >= 15 is 0 Å². The molecule has 2 heteroatoms. The van der Waals surface area contributed by atoms with Gasteiger partial charge in [0.1, 0.15) is 5.75 Å². The predicted molar refractivity (Wildman–Crippen MR) is 87.5 cm³/mol. The third-order valence-corrected chi connectivity index (χ3v) is 4.81. The molecule has 21 heavy (non-hydrogen) atoms. The summed E-state index contributed by atoms with van der Waals surface area (Å²) >= 11 is 0. The summed E-state index contributed by atoms with van der Waals surface area (Å²) in [5.74, 6) is 2.17. The monoisotopic (exact) mass is 290 g/mol. The van der Waals surface area contributed by atoms with Crippen molar-refractivity contribution in [3.63, 3.8) is 0 Å². The lowest BCUT2D eigenvalue weighted by atomic mass is 9.76. The molecule has 0 saturated heterocycles. The van der Waals surface area contributed by atoms with Crippen LogP contribution in [0.15, 0.2) is 24.3 Å². The van der Waals surface area contributed by atoms with Crippen molar-refractivity contribution in [2.45, 2.75) is 64.9 Å². The van der Waals surface area contributed by atoms with E-state index in [-0.39, 0.29) is 6.10 Å². The van der Waals surface area contributed by atoms with E-state index in [1.807, 2.05) is 31.2 Å². The van der Waals surface area contributed by atoms with Crippen LogP contribution in [0.4, 0.5) is 0 Å². The third kappa shape index (κ3) is 4.74. The van der Waals surface area contributed by atoms with E-state index in [0.717, 1.165) is 30.1 Å². The fraction of sp³-hybridized carbons (Fsp3) is 0.684. The highest BCUT2D eigenvalue weighted by molar-refractivity contribution is 5.30. The molecule has 2 nitrogen and oxygen atoms in total. The third-order valence-electron chi connectivity index (χ3n) is 4.81. The van der Waals surface area contributed by atoms with Crippen LogP contribution in [0.25, 0.3) is 0 Å². The van der Waals surface area contributed by atoms with E-state index in [2.05, 4.69) is 6.92 Å². The van der Waals surface area contributed by atoms with Gasteiger partial charge < -0.3 is 9.84 Å². The first kappa shape index (κ1) is 16.4. The van der Waals surface area contributed by atoms with E-state index in [1.54, 1.807) is 0 Å². The molecule has 0 spiro atoms. The second-order valence-corrected chi connectivity index (χ2v) is 6.37. The Labute approximate surface area is 129 Å². The number of benzene rings is 1. The summed E-state index contributed by atoms with van der Waals surface area (Å²) in [5.41, 5.74) is 1.01. The van der Waals surface area contributed by atoms with Crippen molar-refractivity contribution in [2.75, 3.05) is 6.61 Å². The smallest absolute Gasteiger partial charge is 0.119 e. The summed E-state index contributed by atoms with van der Waals surface area (Å²) < 4.78 is 5.53. The van der Waals surface area contributed by atoms with Gasteiger partial charge in [0.25, 0.3) is 0 Å². The SMILES string of the molecule is CCCCC1CCC(C(O)c2cccc(OCC)c2)CC1. The number of rotatable bonds is 7. The maximum absolute atomic E-state index is 10.6. The van der Waals surface area contributed by atoms with Gasteiger partial charge in [0, 0.05) is 0 Å². The molecule has 1 aliphatic rings. The molecule has 1 N–H and O–H groups in total. The molecule has 2 rings (SSSR count). The molecule has 0 aliphatic heterocycles. The molecular formula is C19H30O2. The van der Waals surface area contributed by atoms with Crippen molar-refractivity contribution in [3.05, 3.63) is 29.8 Å². The molecule has 0 bridgehead atoms. The van der Waals surface area contributed by atoms with Crippen molar-refractivity contribution >= 4 is 0 Å². The molecule has 0 radical (unpaired) electrons. The van der Waals surface area contributed by atoms with Crippen LogP contribution in [-0.2, 0) is 0 Å². The van der Waals surface area contributed by atoms with Gasteiger partial charge in [-0.2, -0.15) is 0 Å². The van der Waals surface area contributed by atoms with E-state index in [9.17, 15) is 5.11 Å². The topological polar surface area (TPSA) is 29.5 Å². The molecule has 0 aromatic heterocycles. The van der Waals surface area contributed by atoms with Crippen LogP contribution >= 0.6 is 0 Å². The van der Waals surface area contributed by atoms with Crippen LogP contribution < -0.4 is 4.74 Å². The average molecular weight is 290 g/mol. The van der Waals surface area contributed by atoms with Gasteiger partial charge in [-0.25, -0.2) is 0 Å². The molecule has 118 valence electrons. The number of hydrogen-bond acceptors (Lipinski definition) is 2. The Morgan fingerprint density at radius 1 is 1.19 bits per heavy atom. The molecule has 1 unspecified atom stereocenters.